The average Bonchev–Trinajstić information content (AvgIpc) is 2.57. The lowest BCUT2D eigenvalue weighted by atomic mass is 10.0. The third kappa shape index (κ3) is 2.50. The molecule has 22 heavy (non-hydrogen) atoms. The fourth-order valence-electron chi connectivity index (χ4n) is 2.01. The van der Waals surface area contributed by atoms with Crippen molar-refractivity contribution < 1.29 is 35.5 Å². The van der Waals surface area contributed by atoms with Crippen LogP contribution in [0.3, 0.4) is 0 Å². The number of nitrogens with one attached hydrogen (secondary N) is 1. The second-order valence-electron chi connectivity index (χ2n) is 4.72. The highest BCUT2D eigenvalue weighted by atomic mass is 19.4. The summed E-state index contributed by atoms with van der Waals surface area (Å²) in [5.41, 5.74) is -5.94. The van der Waals surface area contributed by atoms with Crippen molar-refractivity contribution in [2.45, 2.75) is 31.4 Å². The molecule has 0 bridgehead atoms. The van der Waals surface area contributed by atoms with Crippen LogP contribution in [0.2, 0.25) is 0 Å². The lowest BCUT2D eigenvalue weighted by Crippen LogP contribution is -2.27. The van der Waals surface area contributed by atoms with Crippen molar-refractivity contribution >= 4 is 5.71 Å². The molecule has 2 atom stereocenters. The second kappa shape index (κ2) is 5.10. The summed E-state index contributed by atoms with van der Waals surface area (Å²) in [4.78, 5) is 3.16. The monoisotopic (exact) mass is 330 g/mol. The van der Waals surface area contributed by atoms with Crippen LogP contribution in [0.5, 0.6) is 5.88 Å². The minimum Gasteiger partial charge on any atom is -0.474 e. The third-order valence-electron chi connectivity index (χ3n) is 2.99. The Labute approximate surface area is 119 Å². The Balaban J connectivity index is 2.64. The Hall–Kier alpha value is -1.87. The molecule has 3 nitrogen and oxygen atoms in total. The summed E-state index contributed by atoms with van der Waals surface area (Å²) in [5.74, 6) is -5.31. The van der Waals surface area contributed by atoms with Gasteiger partial charge in [-0.1, -0.05) is 0 Å². The van der Waals surface area contributed by atoms with E-state index in [4.69, 9.17) is 5.41 Å². The van der Waals surface area contributed by atoms with Gasteiger partial charge in [0.15, 0.2) is 0 Å². The molecule has 1 N–H and O–H groups in total. The van der Waals surface area contributed by atoms with Crippen LogP contribution in [0, 0.1) is 5.41 Å². The van der Waals surface area contributed by atoms with Crippen LogP contribution in [0.15, 0.2) is 6.20 Å². The van der Waals surface area contributed by atoms with Gasteiger partial charge in [-0.25, -0.2) is 13.8 Å². The summed E-state index contributed by atoms with van der Waals surface area (Å²) < 4.78 is 96.8. The van der Waals surface area contributed by atoms with Crippen LogP contribution in [0.4, 0.5) is 30.7 Å². The first-order valence-corrected chi connectivity index (χ1v) is 5.96. The van der Waals surface area contributed by atoms with Crippen LogP contribution in [-0.4, -0.2) is 29.4 Å². The van der Waals surface area contributed by atoms with Gasteiger partial charge in [-0.2, -0.15) is 22.0 Å². The van der Waals surface area contributed by atoms with Gasteiger partial charge >= 0.3 is 12.1 Å². The van der Waals surface area contributed by atoms with Gasteiger partial charge in [0.1, 0.15) is 18.5 Å². The van der Waals surface area contributed by atoms with E-state index in [1.807, 2.05) is 0 Å². The van der Waals surface area contributed by atoms with E-state index in [0.29, 0.717) is 0 Å². The standard InChI is InChI=1S/C12H9F7N2O/c1-4(13)3-22-10-7-6(5(2-21-10)12(17,18)19)9(20)11(15,16)8(7)14/h2,4,8,20H,3H2,1H3. The molecule has 122 valence electrons. The topological polar surface area (TPSA) is 46.0 Å². The van der Waals surface area contributed by atoms with Gasteiger partial charge < -0.3 is 4.74 Å². The Morgan fingerprint density at radius 2 is 2.00 bits per heavy atom. The molecular formula is C12H9F7N2O. The first kappa shape index (κ1) is 16.5. The van der Waals surface area contributed by atoms with Crippen LogP contribution in [0.25, 0.3) is 0 Å². The van der Waals surface area contributed by atoms with Crippen molar-refractivity contribution in [3.05, 3.63) is 22.9 Å². The summed E-state index contributed by atoms with van der Waals surface area (Å²) >= 11 is 0. The molecule has 1 aromatic heterocycles. The van der Waals surface area contributed by atoms with Crippen molar-refractivity contribution in [2.75, 3.05) is 6.61 Å². The number of aromatic nitrogens is 1. The Bertz CT molecular complexity index is 612. The largest absolute Gasteiger partial charge is 0.474 e. The summed E-state index contributed by atoms with van der Waals surface area (Å²) in [7, 11) is 0. The zero-order valence-corrected chi connectivity index (χ0v) is 10.9. The van der Waals surface area contributed by atoms with Gasteiger partial charge in [-0.15, -0.1) is 0 Å². The molecule has 1 aromatic rings. The van der Waals surface area contributed by atoms with Gasteiger partial charge in [-0.05, 0) is 6.92 Å². The summed E-state index contributed by atoms with van der Waals surface area (Å²) in [6, 6.07) is 0. The zero-order chi connectivity index (χ0) is 16.9. The first-order chi connectivity index (χ1) is 9.98. The fraction of sp³-hybridized carbons (Fsp3) is 0.500. The predicted molar refractivity (Wildman–Crippen MR) is 60.9 cm³/mol. The van der Waals surface area contributed by atoms with Crippen molar-refractivity contribution in [3.8, 4) is 5.88 Å². The molecule has 2 rings (SSSR count). The van der Waals surface area contributed by atoms with Crippen LogP contribution in [-0.2, 0) is 6.18 Å². The van der Waals surface area contributed by atoms with E-state index < -0.39 is 59.3 Å². The number of ether oxygens (including phenoxy) is 1. The highest BCUT2D eigenvalue weighted by Gasteiger charge is 2.58. The molecule has 0 saturated heterocycles. The van der Waals surface area contributed by atoms with Gasteiger partial charge in [0, 0.05) is 11.8 Å². The molecule has 0 aliphatic heterocycles. The molecule has 0 radical (unpaired) electrons. The van der Waals surface area contributed by atoms with Gasteiger partial charge in [0.05, 0.1) is 11.1 Å². The van der Waals surface area contributed by atoms with Gasteiger partial charge in [0.25, 0.3) is 0 Å². The molecule has 0 aromatic carbocycles. The summed E-state index contributed by atoms with van der Waals surface area (Å²) in [6.45, 7) is 0.352. The molecule has 0 amide bonds. The normalized spacial score (nSPS) is 21.6. The quantitative estimate of drug-likeness (QED) is 0.856. The maximum atomic E-state index is 13.8. The van der Waals surface area contributed by atoms with E-state index in [0.717, 1.165) is 6.92 Å². The number of nitrogens with zero attached hydrogens (tertiary/aromatic N) is 1. The molecule has 0 spiro atoms. The average molecular weight is 330 g/mol. The zero-order valence-electron chi connectivity index (χ0n) is 10.9. The van der Waals surface area contributed by atoms with E-state index in [9.17, 15) is 30.7 Å². The van der Waals surface area contributed by atoms with E-state index >= 15 is 0 Å². The minimum atomic E-state index is -5.10. The van der Waals surface area contributed by atoms with Crippen LogP contribution >= 0.6 is 0 Å². The number of halogens is 7. The SMILES string of the molecule is CC(F)COc1ncc(C(F)(F)F)c2c1C(F)C(F)(F)C2=N. The maximum absolute atomic E-state index is 13.8. The smallest absolute Gasteiger partial charge is 0.418 e. The number of pyridine rings is 1. The molecule has 2 unspecified atom stereocenters. The molecule has 10 heteroatoms. The van der Waals surface area contributed by atoms with Gasteiger partial charge in [0.2, 0.25) is 12.1 Å². The minimum absolute atomic E-state index is 0.166. The Kier molecular flexibility index (Phi) is 3.82. The lowest BCUT2D eigenvalue weighted by Gasteiger charge is -2.15. The van der Waals surface area contributed by atoms with E-state index in [1.165, 1.54) is 0 Å². The highest BCUT2D eigenvalue weighted by molar-refractivity contribution is 6.10. The Morgan fingerprint density at radius 3 is 2.50 bits per heavy atom. The predicted octanol–water partition coefficient (Wildman–Crippen LogP) is 3.86. The maximum Gasteiger partial charge on any atom is 0.418 e. The summed E-state index contributed by atoms with van der Waals surface area (Å²) in [6.07, 6.45) is -9.72. The molecule has 1 aliphatic carbocycles. The molecule has 1 heterocycles. The number of rotatable bonds is 3. The van der Waals surface area contributed by atoms with Crippen molar-refractivity contribution in [2.24, 2.45) is 0 Å². The van der Waals surface area contributed by atoms with E-state index in [2.05, 4.69) is 9.72 Å². The second-order valence-corrected chi connectivity index (χ2v) is 4.72. The van der Waals surface area contributed by atoms with Crippen molar-refractivity contribution in [1.82, 2.24) is 4.98 Å². The Morgan fingerprint density at radius 1 is 1.41 bits per heavy atom. The number of alkyl halides is 7. The van der Waals surface area contributed by atoms with Crippen molar-refractivity contribution in [1.29, 1.82) is 5.41 Å². The number of hydrogen-bond donors (Lipinski definition) is 1. The molecule has 0 saturated carbocycles. The molecule has 1 aliphatic rings. The number of hydrogen-bond acceptors (Lipinski definition) is 3. The third-order valence-corrected chi connectivity index (χ3v) is 2.99. The number of fused-ring (bicyclic) bond motifs is 1. The van der Waals surface area contributed by atoms with Crippen molar-refractivity contribution in [3.63, 3.8) is 0 Å². The first-order valence-electron chi connectivity index (χ1n) is 5.96. The fourth-order valence-corrected chi connectivity index (χ4v) is 2.01. The lowest BCUT2D eigenvalue weighted by molar-refractivity contribution is -0.138. The molecule has 0 fully saturated rings. The highest BCUT2D eigenvalue weighted by Crippen LogP contribution is 2.51. The van der Waals surface area contributed by atoms with Gasteiger partial charge in [-0.3, -0.25) is 5.41 Å². The molecular weight excluding hydrogens is 321 g/mol. The summed E-state index contributed by atoms with van der Waals surface area (Å²) in [5, 5.41) is 7.15. The van der Waals surface area contributed by atoms with Crippen LogP contribution in [0.1, 0.15) is 29.8 Å². The van der Waals surface area contributed by atoms with E-state index in [1.54, 1.807) is 0 Å². The van der Waals surface area contributed by atoms with E-state index in [-0.39, 0.29) is 6.20 Å². The van der Waals surface area contributed by atoms with Crippen LogP contribution < -0.4 is 4.74 Å².